The molecule has 1 aromatic carbocycles. The first kappa shape index (κ1) is 13.2. The van der Waals surface area contributed by atoms with Gasteiger partial charge in [0, 0.05) is 12.6 Å². The Morgan fingerprint density at radius 3 is 2.59 bits per heavy atom. The second-order valence-electron chi connectivity index (χ2n) is 4.58. The number of benzene rings is 1. The highest BCUT2D eigenvalue weighted by atomic mass is 35.5. The van der Waals surface area contributed by atoms with Crippen LogP contribution < -0.4 is 5.32 Å². The van der Waals surface area contributed by atoms with Gasteiger partial charge >= 0.3 is 0 Å². The number of aliphatic hydroxyl groups is 1. The monoisotopic (exact) mass is 273 g/mol. The summed E-state index contributed by atoms with van der Waals surface area (Å²) in [6, 6.07) is 5.82. The maximum Gasteiger partial charge on any atom is 0.0915 e. The van der Waals surface area contributed by atoms with Gasteiger partial charge < -0.3 is 10.4 Å². The highest BCUT2D eigenvalue weighted by Gasteiger charge is 2.16. The van der Waals surface area contributed by atoms with Crippen molar-refractivity contribution < 1.29 is 5.11 Å². The van der Waals surface area contributed by atoms with Gasteiger partial charge in [-0.1, -0.05) is 42.1 Å². The van der Waals surface area contributed by atoms with Gasteiger partial charge in [0.2, 0.25) is 0 Å². The lowest BCUT2D eigenvalue weighted by atomic mass is 10.1. The van der Waals surface area contributed by atoms with Gasteiger partial charge in [0.1, 0.15) is 0 Å². The molecule has 0 spiro atoms. The second-order valence-corrected chi connectivity index (χ2v) is 5.39. The van der Waals surface area contributed by atoms with E-state index in [9.17, 15) is 5.11 Å². The normalized spacial score (nSPS) is 18.5. The topological polar surface area (TPSA) is 32.3 Å². The Morgan fingerprint density at radius 1 is 1.24 bits per heavy atom. The number of hydrogen-bond donors (Lipinski definition) is 2. The summed E-state index contributed by atoms with van der Waals surface area (Å²) in [4.78, 5) is 0. The molecular weight excluding hydrogens is 257 g/mol. The minimum Gasteiger partial charge on any atom is -0.387 e. The summed E-state index contributed by atoms with van der Waals surface area (Å²) in [6.07, 6.45) is 4.49. The molecule has 94 valence electrons. The molecule has 0 aromatic heterocycles. The number of hydrogen-bond acceptors (Lipinski definition) is 2. The summed E-state index contributed by atoms with van der Waals surface area (Å²) in [7, 11) is 0. The van der Waals surface area contributed by atoms with Crippen LogP contribution in [0.5, 0.6) is 0 Å². The molecule has 0 unspecified atom stereocenters. The SMILES string of the molecule is O[C@H](CNC1CCCC1)c1ccc(Cl)c(Cl)c1. The quantitative estimate of drug-likeness (QED) is 0.879. The van der Waals surface area contributed by atoms with Gasteiger partial charge in [-0.3, -0.25) is 0 Å². The van der Waals surface area contributed by atoms with Crippen LogP contribution in [0.1, 0.15) is 37.4 Å². The smallest absolute Gasteiger partial charge is 0.0915 e. The zero-order chi connectivity index (χ0) is 12.3. The van der Waals surface area contributed by atoms with Crippen LogP contribution in [0, 0.1) is 0 Å². The van der Waals surface area contributed by atoms with E-state index in [0.29, 0.717) is 22.6 Å². The number of rotatable bonds is 4. The molecule has 1 saturated carbocycles. The van der Waals surface area contributed by atoms with E-state index in [1.165, 1.54) is 25.7 Å². The minimum absolute atomic E-state index is 0.490. The van der Waals surface area contributed by atoms with Crippen molar-refractivity contribution in [2.45, 2.75) is 37.8 Å². The van der Waals surface area contributed by atoms with Crippen molar-refractivity contribution in [3.8, 4) is 0 Å². The third-order valence-electron chi connectivity index (χ3n) is 3.28. The highest BCUT2D eigenvalue weighted by Crippen LogP contribution is 2.26. The fourth-order valence-corrected chi connectivity index (χ4v) is 2.55. The molecule has 1 fully saturated rings. The average molecular weight is 274 g/mol. The fraction of sp³-hybridized carbons (Fsp3) is 0.538. The molecule has 2 nitrogen and oxygen atoms in total. The summed E-state index contributed by atoms with van der Waals surface area (Å²) < 4.78 is 0. The zero-order valence-electron chi connectivity index (χ0n) is 9.63. The number of aliphatic hydroxyl groups excluding tert-OH is 1. The van der Waals surface area contributed by atoms with Gasteiger partial charge in [0.15, 0.2) is 0 Å². The lowest BCUT2D eigenvalue weighted by Gasteiger charge is -2.16. The summed E-state index contributed by atoms with van der Waals surface area (Å²) in [5.74, 6) is 0. The lowest BCUT2D eigenvalue weighted by molar-refractivity contribution is 0.170. The Kier molecular flexibility index (Phi) is 4.69. The molecule has 2 N–H and O–H groups in total. The van der Waals surface area contributed by atoms with Crippen LogP contribution in [0.3, 0.4) is 0 Å². The van der Waals surface area contributed by atoms with E-state index < -0.39 is 6.10 Å². The first-order valence-electron chi connectivity index (χ1n) is 6.03. The third kappa shape index (κ3) is 3.59. The van der Waals surface area contributed by atoms with E-state index in [1.54, 1.807) is 12.1 Å². The van der Waals surface area contributed by atoms with Crippen LogP contribution in [0.25, 0.3) is 0 Å². The molecule has 1 aliphatic rings. The van der Waals surface area contributed by atoms with Crippen LogP contribution in [-0.2, 0) is 0 Å². The summed E-state index contributed by atoms with van der Waals surface area (Å²) >= 11 is 11.8. The molecule has 17 heavy (non-hydrogen) atoms. The van der Waals surface area contributed by atoms with Crippen molar-refractivity contribution in [2.24, 2.45) is 0 Å². The first-order chi connectivity index (χ1) is 8.16. The largest absolute Gasteiger partial charge is 0.387 e. The van der Waals surface area contributed by atoms with Crippen LogP contribution in [0.4, 0.5) is 0 Å². The summed E-state index contributed by atoms with van der Waals surface area (Å²) in [6.45, 7) is 0.572. The predicted octanol–water partition coefficient (Wildman–Crippen LogP) is 3.56. The summed E-state index contributed by atoms with van der Waals surface area (Å²) in [5, 5.41) is 14.4. The molecule has 0 saturated heterocycles. The molecular formula is C13H17Cl2NO. The zero-order valence-corrected chi connectivity index (χ0v) is 11.1. The average Bonchev–Trinajstić information content (AvgIpc) is 2.82. The van der Waals surface area contributed by atoms with Crippen LogP contribution in [0.2, 0.25) is 10.0 Å². The van der Waals surface area contributed by atoms with E-state index in [1.807, 2.05) is 6.07 Å². The molecule has 1 aromatic rings. The van der Waals surface area contributed by atoms with Gasteiger partial charge in [-0.2, -0.15) is 0 Å². The molecule has 1 aliphatic carbocycles. The summed E-state index contributed by atoms with van der Waals surface area (Å²) in [5.41, 5.74) is 0.810. The lowest BCUT2D eigenvalue weighted by Crippen LogP contribution is -2.30. The Hall–Kier alpha value is -0.280. The van der Waals surface area contributed by atoms with Crippen molar-refractivity contribution in [1.82, 2.24) is 5.32 Å². The van der Waals surface area contributed by atoms with E-state index >= 15 is 0 Å². The van der Waals surface area contributed by atoms with Crippen LogP contribution >= 0.6 is 23.2 Å². The molecule has 0 amide bonds. The molecule has 0 heterocycles. The minimum atomic E-state index is -0.523. The predicted molar refractivity (Wildman–Crippen MR) is 71.7 cm³/mol. The van der Waals surface area contributed by atoms with Crippen molar-refractivity contribution in [3.05, 3.63) is 33.8 Å². The second kappa shape index (κ2) is 6.05. The fourth-order valence-electron chi connectivity index (χ4n) is 2.25. The van der Waals surface area contributed by atoms with Gasteiger partial charge in [-0.05, 0) is 30.5 Å². The molecule has 2 rings (SSSR count). The van der Waals surface area contributed by atoms with Gasteiger partial charge in [-0.25, -0.2) is 0 Å². The van der Waals surface area contributed by atoms with E-state index in [-0.39, 0.29) is 0 Å². The van der Waals surface area contributed by atoms with Crippen molar-refractivity contribution in [3.63, 3.8) is 0 Å². The molecule has 0 bridgehead atoms. The van der Waals surface area contributed by atoms with E-state index in [2.05, 4.69) is 5.32 Å². The molecule has 1 atom stereocenters. The maximum atomic E-state index is 10.0. The van der Waals surface area contributed by atoms with Crippen molar-refractivity contribution >= 4 is 23.2 Å². The first-order valence-corrected chi connectivity index (χ1v) is 6.79. The Bertz CT molecular complexity index is 378. The molecule has 0 radical (unpaired) electrons. The molecule has 4 heteroatoms. The van der Waals surface area contributed by atoms with Crippen molar-refractivity contribution in [2.75, 3.05) is 6.54 Å². The highest BCUT2D eigenvalue weighted by molar-refractivity contribution is 6.42. The van der Waals surface area contributed by atoms with Gasteiger partial charge in [-0.15, -0.1) is 0 Å². The van der Waals surface area contributed by atoms with Gasteiger partial charge in [0.25, 0.3) is 0 Å². The number of nitrogens with one attached hydrogen (secondary N) is 1. The Labute approximate surface area is 112 Å². The third-order valence-corrected chi connectivity index (χ3v) is 4.02. The maximum absolute atomic E-state index is 10.0. The van der Waals surface area contributed by atoms with Gasteiger partial charge in [0.05, 0.1) is 16.1 Å². The number of halogens is 2. The van der Waals surface area contributed by atoms with Crippen LogP contribution in [-0.4, -0.2) is 17.7 Å². The van der Waals surface area contributed by atoms with Crippen LogP contribution in [0.15, 0.2) is 18.2 Å². The van der Waals surface area contributed by atoms with E-state index in [0.717, 1.165) is 5.56 Å². The Morgan fingerprint density at radius 2 is 1.94 bits per heavy atom. The van der Waals surface area contributed by atoms with E-state index in [4.69, 9.17) is 23.2 Å². The Balaban J connectivity index is 1.89. The standard InChI is InChI=1S/C13H17Cl2NO/c14-11-6-5-9(7-12(11)15)13(17)8-16-10-3-1-2-4-10/h5-7,10,13,16-17H,1-4,8H2/t13-/m1/s1. The van der Waals surface area contributed by atoms with Crippen molar-refractivity contribution in [1.29, 1.82) is 0 Å². The molecule has 0 aliphatic heterocycles.